The minimum Gasteiger partial charge on any atom is -0.303 e. The van der Waals surface area contributed by atoms with Crippen LogP contribution in [0.15, 0.2) is 24.7 Å². The smallest absolute Gasteiger partial charge is 0.0994 e. The minimum absolute atomic E-state index is 0.778. The Kier molecular flexibility index (Phi) is 1.77. The first-order valence-electron chi connectivity index (χ1n) is 3.91. The van der Waals surface area contributed by atoms with E-state index in [-0.39, 0.29) is 0 Å². The van der Waals surface area contributed by atoms with E-state index >= 15 is 0 Å². The van der Waals surface area contributed by atoms with Crippen LogP contribution < -0.4 is 0 Å². The van der Waals surface area contributed by atoms with E-state index < -0.39 is 0 Å². The number of aromatic nitrogens is 2. The van der Waals surface area contributed by atoms with Crippen LogP contribution in [0.25, 0.3) is 5.52 Å². The standard InChI is InChI=1S/C9H9ClN2/c1-2-8-3-7(10)4-9-5-11-6-12(8)9/h3-6H,2H2,1H3. The Morgan fingerprint density at radius 3 is 3.08 bits per heavy atom. The zero-order chi connectivity index (χ0) is 8.55. The fourth-order valence-corrected chi connectivity index (χ4v) is 1.57. The first kappa shape index (κ1) is 7.62. The largest absolute Gasteiger partial charge is 0.303 e. The van der Waals surface area contributed by atoms with Gasteiger partial charge in [0.15, 0.2) is 0 Å². The number of pyridine rings is 1. The highest BCUT2D eigenvalue weighted by Crippen LogP contribution is 2.15. The molecule has 0 amide bonds. The lowest BCUT2D eigenvalue weighted by Gasteiger charge is -2.02. The maximum Gasteiger partial charge on any atom is 0.0994 e. The summed E-state index contributed by atoms with van der Waals surface area (Å²) in [5.41, 5.74) is 2.24. The molecular formula is C9H9ClN2. The van der Waals surface area contributed by atoms with Crippen LogP contribution in [0, 0.1) is 0 Å². The number of hydrogen-bond acceptors (Lipinski definition) is 1. The fraction of sp³-hybridized carbons (Fsp3) is 0.222. The maximum atomic E-state index is 5.92. The molecule has 0 aliphatic carbocycles. The van der Waals surface area contributed by atoms with Crippen molar-refractivity contribution in [2.24, 2.45) is 0 Å². The van der Waals surface area contributed by atoms with Gasteiger partial charge in [0.05, 0.1) is 18.0 Å². The Balaban J connectivity index is 2.80. The van der Waals surface area contributed by atoms with Gasteiger partial charge in [0, 0.05) is 10.7 Å². The van der Waals surface area contributed by atoms with E-state index in [1.807, 2.05) is 29.1 Å². The van der Waals surface area contributed by atoms with Gasteiger partial charge in [-0.3, -0.25) is 0 Å². The number of nitrogens with zero attached hydrogens (tertiary/aromatic N) is 2. The Bertz CT molecular complexity index is 406. The minimum atomic E-state index is 0.778. The van der Waals surface area contributed by atoms with Crippen LogP contribution in [0.2, 0.25) is 5.02 Å². The first-order valence-corrected chi connectivity index (χ1v) is 4.29. The molecule has 2 heterocycles. The SMILES string of the molecule is CCc1cc(Cl)cc2cncn12. The average molecular weight is 181 g/mol. The summed E-state index contributed by atoms with van der Waals surface area (Å²) in [6.45, 7) is 2.10. The molecule has 0 unspecified atom stereocenters. The van der Waals surface area contributed by atoms with Crippen molar-refractivity contribution in [3.8, 4) is 0 Å². The highest BCUT2D eigenvalue weighted by Gasteiger charge is 2.00. The highest BCUT2D eigenvalue weighted by atomic mass is 35.5. The molecule has 0 saturated carbocycles. The summed E-state index contributed by atoms with van der Waals surface area (Å²) >= 11 is 5.92. The summed E-state index contributed by atoms with van der Waals surface area (Å²) < 4.78 is 2.05. The highest BCUT2D eigenvalue weighted by molar-refractivity contribution is 6.30. The normalized spacial score (nSPS) is 10.8. The van der Waals surface area contributed by atoms with Crippen molar-refractivity contribution in [3.63, 3.8) is 0 Å². The molecule has 0 radical (unpaired) electrons. The molecule has 3 heteroatoms. The van der Waals surface area contributed by atoms with Crippen LogP contribution in [0.5, 0.6) is 0 Å². The van der Waals surface area contributed by atoms with Gasteiger partial charge in [0.1, 0.15) is 0 Å². The van der Waals surface area contributed by atoms with Gasteiger partial charge in [0.2, 0.25) is 0 Å². The van der Waals surface area contributed by atoms with Crippen LogP contribution in [0.4, 0.5) is 0 Å². The van der Waals surface area contributed by atoms with Crippen LogP contribution in [-0.2, 0) is 6.42 Å². The van der Waals surface area contributed by atoms with Gasteiger partial charge in [-0.05, 0) is 18.6 Å². The lowest BCUT2D eigenvalue weighted by Crippen LogP contribution is -1.92. The topological polar surface area (TPSA) is 17.3 Å². The molecule has 0 bridgehead atoms. The summed E-state index contributed by atoms with van der Waals surface area (Å²) in [5.74, 6) is 0. The number of fused-ring (bicyclic) bond motifs is 1. The molecule has 0 saturated heterocycles. The molecule has 0 atom stereocenters. The van der Waals surface area contributed by atoms with E-state index in [4.69, 9.17) is 11.6 Å². The fourth-order valence-electron chi connectivity index (χ4n) is 1.34. The van der Waals surface area contributed by atoms with Gasteiger partial charge in [0.25, 0.3) is 0 Å². The van der Waals surface area contributed by atoms with E-state index in [9.17, 15) is 0 Å². The van der Waals surface area contributed by atoms with E-state index in [2.05, 4.69) is 11.9 Å². The Morgan fingerprint density at radius 2 is 2.33 bits per heavy atom. The predicted octanol–water partition coefficient (Wildman–Crippen LogP) is 2.55. The molecule has 0 fully saturated rings. The van der Waals surface area contributed by atoms with Crippen molar-refractivity contribution < 1.29 is 0 Å². The van der Waals surface area contributed by atoms with Crippen molar-refractivity contribution in [3.05, 3.63) is 35.4 Å². The van der Waals surface area contributed by atoms with Crippen LogP contribution in [0.1, 0.15) is 12.6 Å². The number of aryl methyl sites for hydroxylation is 1. The Labute approximate surface area is 75.8 Å². The summed E-state index contributed by atoms with van der Waals surface area (Å²) in [6, 6.07) is 3.88. The number of hydrogen-bond donors (Lipinski definition) is 0. The first-order chi connectivity index (χ1) is 5.81. The molecule has 2 aromatic heterocycles. The summed E-state index contributed by atoms with van der Waals surface area (Å²) in [6.07, 6.45) is 4.59. The van der Waals surface area contributed by atoms with Crippen molar-refractivity contribution in [2.75, 3.05) is 0 Å². The predicted molar refractivity (Wildman–Crippen MR) is 49.6 cm³/mol. The summed E-state index contributed by atoms with van der Waals surface area (Å²) in [7, 11) is 0. The molecule has 2 aromatic rings. The average Bonchev–Trinajstić information content (AvgIpc) is 2.50. The molecule has 12 heavy (non-hydrogen) atoms. The molecule has 0 aliphatic heterocycles. The second kappa shape index (κ2) is 2.79. The second-order valence-electron chi connectivity index (χ2n) is 2.71. The van der Waals surface area contributed by atoms with Gasteiger partial charge < -0.3 is 4.40 Å². The zero-order valence-corrected chi connectivity index (χ0v) is 7.54. The van der Waals surface area contributed by atoms with Crippen LogP contribution in [-0.4, -0.2) is 9.38 Å². The van der Waals surface area contributed by atoms with Crippen LogP contribution >= 0.6 is 11.6 Å². The van der Waals surface area contributed by atoms with E-state index in [1.54, 1.807) is 0 Å². The van der Waals surface area contributed by atoms with Gasteiger partial charge in [-0.2, -0.15) is 0 Å². The van der Waals surface area contributed by atoms with Crippen molar-refractivity contribution in [1.29, 1.82) is 0 Å². The quantitative estimate of drug-likeness (QED) is 0.660. The third kappa shape index (κ3) is 1.08. The molecule has 0 aliphatic rings. The summed E-state index contributed by atoms with van der Waals surface area (Å²) in [4.78, 5) is 4.06. The van der Waals surface area contributed by atoms with Crippen molar-refractivity contribution in [2.45, 2.75) is 13.3 Å². The van der Waals surface area contributed by atoms with Gasteiger partial charge in [-0.15, -0.1) is 0 Å². The third-order valence-corrected chi connectivity index (χ3v) is 2.15. The molecule has 0 spiro atoms. The van der Waals surface area contributed by atoms with E-state index in [0.717, 1.165) is 17.0 Å². The second-order valence-corrected chi connectivity index (χ2v) is 3.14. The number of imidazole rings is 1. The van der Waals surface area contributed by atoms with Crippen LogP contribution in [0.3, 0.4) is 0 Å². The van der Waals surface area contributed by atoms with Crippen molar-refractivity contribution in [1.82, 2.24) is 9.38 Å². The Hall–Kier alpha value is -1.02. The molecule has 2 nitrogen and oxygen atoms in total. The Morgan fingerprint density at radius 1 is 1.50 bits per heavy atom. The third-order valence-electron chi connectivity index (χ3n) is 1.93. The van der Waals surface area contributed by atoms with Crippen molar-refractivity contribution >= 4 is 17.1 Å². The zero-order valence-electron chi connectivity index (χ0n) is 6.79. The lowest BCUT2D eigenvalue weighted by atomic mass is 10.3. The molecule has 0 aromatic carbocycles. The number of rotatable bonds is 1. The van der Waals surface area contributed by atoms with E-state index in [1.165, 1.54) is 5.69 Å². The molecule has 62 valence electrons. The van der Waals surface area contributed by atoms with Gasteiger partial charge in [-0.25, -0.2) is 4.98 Å². The lowest BCUT2D eigenvalue weighted by molar-refractivity contribution is 0.972. The van der Waals surface area contributed by atoms with Gasteiger partial charge >= 0.3 is 0 Å². The summed E-state index contributed by atoms with van der Waals surface area (Å²) in [5, 5.41) is 0.778. The maximum absolute atomic E-state index is 5.92. The van der Waals surface area contributed by atoms with E-state index in [0.29, 0.717) is 0 Å². The monoisotopic (exact) mass is 180 g/mol. The molecule has 2 rings (SSSR count). The molecule has 0 N–H and O–H groups in total. The molecular weight excluding hydrogens is 172 g/mol. The number of halogens is 1. The van der Waals surface area contributed by atoms with Gasteiger partial charge in [-0.1, -0.05) is 18.5 Å².